The molecule has 3 rings (SSSR count). The van der Waals surface area contributed by atoms with Crippen molar-refractivity contribution >= 4 is 17.2 Å². The lowest BCUT2D eigenvalue weighted by Crippen LogP contribution is -2.41. The third kappa shape index (κ3) is 3.55. The highest BCUT2D eigenvalue weighted by atomic mass is 32.1. The van der Waals surface area contributed by atoms with E-state index in [1.807, 2.05) is 19.1 Å². The molecular weight excluding hydrogens is 302 g/mol. The van der Waals surface area contributed by atoms with E-state index in [1.54, 1.807) is 6.26 Å². The van der Waals surface area contributed by atoms with Crippen LogP contribution in [0.4, 0.5) is 0 Å². The molecule has 0 unspecified atom stereocenters. The Balaban J connectivity index is 1.55. The fraction of sp³-hybridized carbons (Fsp3) is 0.467. The summed E-state index contributed by atoms with van der Waals surface area (Å²) in [7, 11) is 0. The predicted molar refractivity (Wildman–Crippen MR) is 84.1 cm³/mol. The van der Waals surface area contributed by atoms with Crippen LogP contribution in [0.15, 0.2) is 22.8 Å². The Morgan fingerprint density at radius 3 is 3.00 bits per heavy atom. The van der Waals surface area contributed by atoms with Gasteiger partial charge in [0.25, 0.3) is 5.91 Å². The molecule has 0 aromatic carbocycles. The molecule has 1 fully saturated rings. The van der Waals surface area contributed by atoms with Gasteiger partial charge in [0.05, 0.1) is 19.5 Å². The summed E-state index contributed by atoms with van der Waals surface area (Å²) in [5, 5.41) is 3.67. The Bertz CT molecular complexity index is 618. The molecule has 1 aliphatic rings. The van der Waals surface area contributed by atoms with Crippen molar-refractivity contribution in [1.82, 2.24) is 15.2 Å². The number of furan rings is 1. The summed E-state index contributed by atoms with van der Waals surface area (Å²) in [6.45, 7) is 6.75. The first-order valence-corrected chi connectivity index (χ1v) is 8.15. The molecule has 0 bridgehead atoms. The lowest BCUT2D eigenvalue weighted by molar-refractivity contribution is 0.0383. The maximum atomic E-state index is 12.2. The van der Waals surface area contributed by atoms with E-state index in [0.717, 1.165) is 42.7 Å². The summed E-state index contributed by atoms with van der Waals surface area (Å²) in [5.74, 6) is 0.570. The van der Waals surface area contributed by atoms with E-state index in [1.165, 1.54) is 11.3 Å². The van der Waals surface area contributed by atoms with E-state index in [0.29, 0.717) is 18.0 Å². The minimum Gasteiger partial charge on any atom is -0.462 e. The summed E-state index contributed by atoms with van der Waals surface area (Å²) < 4.78 is 10.6. The molecule has 3 heterocycles. The summed E-state index contributed by atoms with van der Waals surface area (Å²) in [5.41, 5.74) is 0.485. The van der Waals surface area contributed by atoms with Crippen molar-refractivity contribution in [3.05, 3.63) is 29.0 Å². The van der Waals surface area contributed by atoms with Crippen molar-refractivity contribution in [2.24, 2.45) is 0 Å². The Kier molecular flexibility index (Phi) is 4.87. The highest BCUT2D eigenvalue weighted by Gasteiger charge is 2.17. The molecule has 0 aliphatic carbocycles. The monoisotopic (exact) mass is 321 g/mol. The topological polar surface area (TPSA) is 67.6 Å². The SMILES string of the molecule is Cc1sc(-c2ccco2)nc1C(=O)NCCN1CCOCC1. The first kappa shape index (κ1) is 15.2. The number of ether oxygens (including phenoxy) is 1. The van der Waals surface area contributed by atoms with Crippen molar-refractivity contribution in [2.75, 3.05) is 39.4 Å². The molecule has 7 heteroatoms. The Hall–Kier alpha value is -1.70. The number of nitrogens with zero attached hydrogens (tertiary/aromatic N) is 2. The smallest absolute Gasteiger partial charge is 0.271 e. The third-order valence-corrected chi connectivity index (χ3v) is 4.55. The number of rotatable bonds is 5. The number of carbonyl (C=O) groups is 1. The number of carbonyl (C=O) groups excluding carboxylic acids is 1. The minimum absolute atomic E-state index is 0.125. The Labute approximate surface area is 133 Å². The predicted octanol–water partition coefficient (Wildman–Crippen LogP) is 1.77. The standard InChI is InChI=1S/C15H19N3O3S/c1-11-13(17-15(22-11)12-3-2-8-21-12)14(19)16-4-5-18-6-9-20-10-7-18/h2-3,8H,4-7,9-10H2,1H3,(H,16,19). The van der Waals surface area contributed by atoms with Crippen LogP contribution in [-0.4, -0.2) is 55.2 Å². The molecule has 6 nitrogen and oxygen atoms in total. The second-order valence-electron chi connectivity index (χ2n) is 5.11. The number of hydrogen-bond acceptors (Lipinski definition) is 6. The minimum atomic E-state index is -0.125. The number of nitrogens with one attached hydrogen (secondary N) is 1. The molecule has 0 saturated carbocycles. The van der Waals surface area contributed by atoms with Gasteiger partial charge >= 0.3 is 0 Å². The van der Waals surface area contributed by atoms with E-state index in [9.17, 15) is 4.79 Å². The molecule has 1 amide bonds. The molecule has 0 spiro atoms. The Morgan fingerprint density at radius 1 is 1.45 bits per heavy atom. The maximum Gasteiger partial charge on any atom is 0.271 e. The van der Waals surface area contributed by atoms with E-state index < -0.39 is 0 Å². The van der Waals surface area contributed by atoms with Crippen LogP contribution >= 0.6 is 11.3 Å². The summed E-state index contributed by atoms with van der Waals surface area (Å²) >= 11 is 1.47. The van der Waals surface area contributed by atoms with Gasteiger partial charge < -0.3 is 14.5 Å². The van der Waals surface area contributed by atoms with Crippen LogP contribution in [0.5, 0.6) is 0 Å². The second kappa shape index (κ2) is 7.04. The van der Waals surface area contributed by atoms with Gasteiger partial charge in [-0.2, -0.15) is 0 Å². The first-order valence-electron chi connectivity index (χ1n) is 7.33. The van der Waals surface area contributed by atoms with Gasteiger partial charge in [0.2, 0.25) is 0 Å². The van der Waals surface area contributed by atoms with Crippen LogP contribution in [0.2, 0.25) is 0 Å². The first-order chi connectivity index (χ1) is 10.7. The molecule has 2 aromatic rings. The van der Waals surface area contributed by atoms with E-state index in [2.05, 4.69) is 15.2 Å². The zero-order chi connectivity index (χ0) is 15.4. The van der Waals surface area contributed by atoms with Gasteiger partial charge in [-0.1, -0.05) is 0 Å². The number of aromatic nitrogens is 1. The highest BCUT2D eigenvalue weighted by Crippen LogP contribution is 2.27. The number of thiazole rings is 1. The van der Waals surface area contributed by atoms with Crippen LogP contribution in [0.3, 0.4) is 0 Å². The molecule has 0 radical (unpaired) electrons. The van der Waals surface area contributed by atoms with Crippen LogP contribution in [0.1, 0.15) is 15.4 Å². The molecule has 0 atom stereocenters. The van der Waals surface area contributed by atoms with Gasteiger partial charge in [0, 0.05) is 31.1 Å². The molecule has 2 aromatic heterocycles. The largest absolute Gasteiger partial charge is 0.462 e. The van der Waals surface area contributed by atoms with E-state index in [-0.39, 0.29) is 5.91 Å². The fourth-order valence-corrected chi connectivity index (χ4v) is 3.23. The van der Waals surface area contributed by atoms with Crippen LogP contribution in [0, 0.1) is 6.92 Å². The van der Waals surface area contributed by atoms with Gasteiger partial charge in [-0.15, -0.1) is 11.3 Å². The van der Waals surface area contributed by atoms with E-state index >= 15 is 0 Å². The normalized spacial score (nSPS) is 15.9. The van der Waals surface area contributed by atoms with Gasteiger partial charge in [-0.3, -0.25) is 9.69 Å². The second-order valence-corrected chi connectivity index (χ2v) is 6.31. The van der Waals surface area contributed by atoms with Crippen molar-refractivity contribution in [3.8, 4) is 10.8 Å². The average molecular weight is 321 g/mol. The van der Waals surface area contributed by atoms with Crippen LogP contribution in [-0.2, 0) is 4.74 Å². The van der Waals surface area contributed by atoms with Crippen molar-refractivity contribution < 1.29 is 13.9 Å². The number of amides is 1. The van der Waals surface area contributed by atoms with Crippen LogP contribution in [0.25, 0.3) is 10.8 Å². The van der Waals surface area contributed by atoms with E-state index in [4.69, 9.17) is 9.15 Å². The fourth-order valence-electron chi connectivity index (χ4n) is 2.35. The molecule has 1 aliphatic heterocycles. The van der Waals surface area contributed by atoms with Crippen LogP contribution < -0.4 is 5.32 Å². The molecule has 118 valence electrons. The molecular formula is C15H19N3O3S. The highest BCUT2D eigenvalue weighted by molar-refractivity contribution is 7.15. The molecule has 1 saturated heterocycles. The van der Waals surface area contributed by atoms with Gasteiger partial charge in [0.15, 0.2) is 10.8 Å². The molecule has 22 heavy (non-hydrogen) atoms. The number of morpholine rings is 1. The van der Waals surface area contributed by atoms with Gasteiger partial charge in [-0.05, 0) is 19.1 Å². The lowest BCUT2D eigenvalue weighted by atomic mass is 10.3. The third-order valence-electron chi connectivity index (χ3n) is 3.56. The lowest BCUT2D eigenvalue weighted by Gasteiger charge is -2.26. The summed E-state index contributed by atoms with van der Waals surface area (Å²) in [6, 6.07) is 3.66. The van der Waals surface area contributed by atoms with Gasteiger partial charge in [0.1, 0.15) is 5.69 Å². The number of hydrogen-bond donors (Lipinski definition) is 1. The molecule has 1 N–H and O–H groups in total. The van der Waals surface area contributed by atoms with Gasteiger partial charge in [-0.25, -0.2) is 4.98 Å². The van der Waals surface area contributed by atoms with Crippen molar-refractivity contribution in [3.63, 3.8) is 0 Å². The van der Waals surface area contributed by atoms with Crippen molar-refractivity contribution in [2.45, 2.75) is 6.92 Å². The van der Waals surface area contributed by atoms with Crippen molar-refractivity contribution in [1.29, 1.82) is 0 Å². The average Bonchev–Trinajstić information content (AvgIpc) is 3.17. The quantitative estimate of drug-likeness (QED) is 0.909. The summed E-state index contributed by atoms with van der Waals surface area (Å²) in [4.78, 5) is 19.8. The summed E-state index contributed by atoms with van der Waals surface area (Å²) in [6.07, 6.45) is 1.61. The Morgan fingerprint density at radius 2 is 2.27 bits per heavy atom. The zero-order valence-electron chi connectivity index (χ0n) is 12.5. The maximum absolute atomic E-state index is 12.2. The zero-order valence-corrected chi connectivity index (χ0v) is 13.3. The number of aryl methyl sites for hydroxylation is 1.